The molecule has 5 heteroatoms. The van der Waals surface area contributed by atoms with E-state index in [0.717, 1.165) is 30.6 Å². The molecule has 2 heterocycles. The van der Waals surface area contributed by atoms with Crippen LogP contribution in [-0.2, 0) is 22.4 Å². The van der Waals surface area contributed by atoms with Crippen molar-refractivity contribution < 1.29 is 14.3 Å². The molecule has 1 amide bonds. The number of hydrogen-bond acceptors (Lipinski definition) is 4. The van der Waals surface area contributed by atoms with Crippen LogP contribution in [-0.4, -0.2) is 36.5 Å². The summed E-state index contributed by atoms with van der Waals surface area (Å²) in [7, 11) is 0. The molecule has 136 valence electrons. The van der Waals surface area contributed by atoms with Crippen LogP contribution in [0.3, 0.4) is 0 Å². The second kappa shape index (κ2) is 7.23. The van der Waals surface area contributed by atoms with E-state index in [0.29, 0.717) is 19.7 Å². The number of hydrogen-bond donors (Lipinski definition) is 0. The number of aryl methyl sites for hydroxylation is 2. The number of amides is 1. The second-order valence-electron chi connectivity index (χ2n) is 6.96. The van der Waals surface area contributed by atoms with E-state index in [1.54, 1.807) is 11.3 Å². The lowest BCUT2D eigenvalue weighted by Crippen LogP contribution is -2.42. The lowest BCUT2D eigenvalue weighted by atomic mass is 9.91. The monoisotopic (exact) mass is 369 g/mol. The molecule has 0 spiro atoms. The lowest BCUT2D eigenvalue weighted by molar-refractivity contribution is -0.149. The molecule has 1 aliphatic carbocycles. The van der Waals surface area contributed by atoms with Gasteiger partial charge < -0.3 is 9.64 Å². The minimum atomic E-state index is -0.192. The summed E-state index contributed by atoms with van der Waals surface area (Å²) in [5, 5.41) is 0. The number of fused-ring (bicyclic) bond motifs is 3. The molecule has 1 fully saturated rings. The van der Waals surface area contributed by atoms with Crippen LogP contribution in [0.5, 0.6) is 0 Å². The number of carbonyl (C=O) groups is 2. The number of piperidine rings is 1. The van der Waals surface area contributed by atoms with Gasteiger partial charge in [-0.1, -0.05) is 24.3 Å². The summed E-state index contributed by atoms with van der Waals surface area (Å²) in [5.41, 5.74) is 3.90. The van der Waals surface area contributed by atoms with Gasteiger partial charge in [0.2, 0.25) is 0 Å². The van der Waals surface area contributed by atoms with Gasteiger partial charge in [0, 0.05) is 18.0 Å². The number of thiophene rings is 1. The summed E-state index contributed by atoms with van der Waals surface area (Å²) < 4.78 is 5.15. The van der Waals surface area contributed by atoms with E-state index in [2.05, 4.69) is 30.3 Å². The molecule has 1 aliphatic heterocycles. The Morgan fingerprint density at radius 2 is 2.04 bits per heavy atom. The van der Waals surface area contributed by atoms with Gasteiger partial charge >= 0.3 is 5.97 Å². The molecule has 4 rings (SSSR count). The zero-order valence-corrected chi connectivity index (χ0v) is 15.8. The van der Waals surface area contributed by atoms with Crippen molar-refractivity contribution in [2.75, 3.05) is 19.7 Å². The highest BCUT2D eigenvalue weighted by molar-refractivity contribution is 7.17. The van der Waals surface area contributed by atoms with Gasteiger partial charge in [0.25, 0.3) is 5.91 Å². The van der Waals surface area contributed by atoms with Crippen LogP contribution in [0.25, 0.3) is 10.4 Å². The first-order valence-electron chi connectivity index (χ1n) is 9.34. The number of ether oxygens (including phenoxy) is 1. The van der Waals surface area contributed by atoms with Crippen LogP contribution in [0.2, 0.25) is 0 Å². The highest BCUT2D eigenvalue weighted by Gasteiger charge is 2.31. The third kappa shape index (κ3) is 3.16. The average Bonchev–Trinajstić information content (AvgIpc) is 3.12. The number of benzene rings is 1. The molecule has 1 atom stereocenters. The topological polar surface area (TPSA) is 46.6 Å². The first-order valence-corrected chi connectivity index (χ1v) is 10.2. The lowest BCUT2D eigenvalue weighted by Gasteiger charge is -2.31. The smallest absolute Gasteiger partial charge is 0.310 e. The predicted molar refractivity (Wildman–Crippen MR) is 102 cm³/mol. The van der Waals surface area contributed by atoms with Crippen LogP contribution in [0, 0.1) is 5.92 Å². The van der Waals surface area contributed by atoms with Gasteiger partial charge in [-0.2, -0.15) is 0 Å². The predicted octanol–water partition coefficient (Wildman–Crippen LogP) is 3.93. The van der Waals surface area contributed by atoms with Gasteiger partial charge in [-0.3, -0.25) is 9.59 Å². The molecule has 0 unspecified atom stereocenters. The fourth-order valence-corrected chi connectivity index (χ4v) is 5.19. The highest BCUT2D eigenvalue weighted by atomic mass is 32.1. The normalized spacial score (nSPS) is 18.8. The summed E-state index contributed by atoms with van der Waals surface area (Å²) in [4.78, 5) is 28.9. The fourth-order valence-electron chi connectivity index (χ4n) is 3.95. The molecule has 0 radical (unpaired) electrons. The third-order valence-corrected chi connectivity index (χ3v) is 6.47. The number of nitrogens with zero attached hydrogens (tertiary/aromatic N) is 1. The van der Waals surface area contributed by atoms with Crippen LogP contribution in [0.1, 0.15) is 40.6 Å². The zero-order chi connectivity index (χ0) is 18.1. The first kappa shape index (κ1) is 17.3. The maximum absolute atomic E-state index is 13.0. The van der Waals surface area contributed by atoms with E-state index in [1.165, 1.54) is 21.6 Å². The fraction of sp³-hybridized carbons (Fsp3) is 0.429. The van der Waals surface area contributed by atoms with Crippen molar-refractivity contribution >= 4 is 23.2 Å². The zero-order valence-electron chi connectivity index (χ0n) is 15.0. The summed E-state index contributed by atoms with van der Waals surface area (Å²) in [6.07, 6.45) is 3.67. The van der Waals surface area contributed by atoms with E-state index in [4.69, 9.17) is 4.74 Å². The van der Waals surface area contributed by atoms with Gasteiger partial charge in [-0.15, -0.1) is 11.3 Å². The Labute approximate surface area is 157 Å². The number of likely N-dealkylation sites (tertiary alicyclic amines) is 1. The largest absolute Gasteiger partial charge is 0.466 e. The quantitative estimate of drug-likeness (QED) is 0.770. The van der Waals surface area contributed by atoms with Crippen LogP contribution in [0.4, 0.5) is 0 Å². The van der Waals surface area contributed by atoms with Gasteiger partial charge in [-0.25, -0.2) is 0 Å². The number of esters is 1. The van der Waals surface area contributed by atoms with Gasteiger partial charge in [0.15, 0.2) is 0 Å². The molecule has 4 nitrogen and oxygen atoms in total. The molecule has 0 saturated carbocycles. The Morgan fingerprint density at radius 1 is 1.23 bits per heavy atom. The van der Waals surface area contributed by atoms with E-state index in [-0.39, 0.29) is 17.8 Å². The summed E-state index contributed by atoms with van der Waals surface area (Å²) >= 11 is 1.59. The highest BCUT2D eigenvalue weighted by Crippen LogP contribution is 2.40. The summed E-state index contributed by atoms with van der Waals surface area (Å²) in [6, 6.07) is 10.5. The Hall–Kier alpha value is -2.14. The summed E-state index contributed by atoms with van der Waals surface area (Å²) in [6.45, 7) is 3.39. The van der Waals surface area contributed by atoms with E-state index in [1.807, 2.05) is 11.8 Å². The van der Waals surface area contributed by atoms with Crippen molar-refractivity contribution in [1.82, 2.24) is 4.90 Å². The first-order chi connectivity index (χ1) is 12.7. The van der Waals surface area contributed by atoms with Crippen molar-refractivity contribution in [2.24, 2.45) is 5.92 Å². The van der Waals surface area contributed by atoms with Crippen molar-refractivity contribution in [3.05, 3.63) is 46.3 Å². The average molecular weight is 369 g/mol. The van der Waals surface area contributed by atoms with Crippen LogP contribution < -0.4 is 0 Å². The molecule has 1 saturated heterocycles. The van der Waals surface area contributed by atoms with Crippen molar-refractivity contribution in [3.63, 3.8) is 0 Å². The maximum Gasteiger partial charge on any atom is 0.310 e. The molecule has 1 aromatic heterocycles. The molecule has 2 aliphatic rings. The molecular formula is C21H23NO3S. The molecule has 0 bridgehead atoms. The molecule has 1 aromatic carbocycles. The van der Waals surface area contributed by atoms with Crippen molar-refractivity contribution in [2.45, 2.75) is 32.6 Å². The van der Waals surface area contributed by atoms with E-state index < -0.39 is 0 Å². The van der Waals surface area contributed by atoms with Gasteiger partial charge in [0.1, 0.15) is 0 Å². The third-order valence-electron chi connectivity index (χ3n) is 5.27. The second-order valence-corrected chi connectivity index (χ2v) is 8.02. The Morgan fingerprint density at radius 3 is 2.88 bits per heavy atom. The van der Waals surface area contributed by atoms with Crippen LogP contribution in [0.15, 0.2) is 30.3 Å². The van der Waals surface area contributed by atoms with Gasteiger partial charge in [0.05, 0.1) is 17.4 Å². The van der Waals surface area contributed by atoms with Crippen molar-refractivity contribution in [3.8, 4) is 10.4 Å². The number of rotatable bonds is 3. The van der Waals surface area contributed by atoms with Gasteiger partial charge in [-0.05, 0) is 55.4 Å². The minimum absolute atomic E-state index is 0.0517. The Bertz CT molecular complexity index is 842. The standard InChI is InChI=1S/C21H23NO3S/c1-2-25-21(24)16-7-5-11-22(13-16)20(23)18-12-15-10-9-14-6-3-4-8-17(14)19(15)26-18/h3-4,6,8,12,16H,2,5,7,9-11,13H2,1H3/t16-/m0/s1. The summed E-state index contributed by atoms with van der Waals surface area (Å²) in [5.74, 6) is -0.316. The Balaban J connectivity index is 1.55. The SMILES string of the molecule is CCOC(=O)[C@H]1CCCN(C(=O)c2cc3c(s2)-c2ccccc2CC3)C1. The Kier molecular flexibility index (Phi) is 4.81. The van der Waals surface area contributed by atoms with Crippen LogP contribution >= 0.6 is 11.3 Å². The maximum atomic E-state index is 13.0. The molecule has 0 N–H and O–H groups in total. The molecular weight excluding hydrogens is 346 g/mol. The minimum Gasteiger partial charge on any atom is -0.466 e. The van der Waals surface area contributed by atoms with E-state index >= 15 is 0 Å². The molecule has 2 aromatic rings. The van der Waals surface area contributed by atoms with E-state index in [9.17, 15) is 9.59 Å². The number of carbonyl (C=O) groups excluding carboxylic acids is 2. The molecule has 26 heavy (non-hydrogen) atoms. The van der Waals surface area contributed by atoms with Crippen molar-refractivity contribution in [1.29, 1.82) is 0 Å².